The minimum Gasteiger partial charge on any atom is -0.352 e. The van der Waals surface area contributed by atoms with E-state index in [2.05, 4.69) is 10.6 Å². The fraction of sp³-hybridized carbons (Fsp3) is 0.917. The molecular formula is C12H22N2O. The summed E-state index contributed by atoms with van der Waals surface area (Å²) < 4.78 is 0. The van der Waals surface area contributed by atoms with Gasteiger partial charge in [-0.15, -0.1) is 0 Å². The van der Waals surface area contributed by atoms with Crippen molar-refractivity contribution >= 4 is 5.91 Å². The molecule has 1 amide bonds. The summed E-state index contributed by atoms with van der Waals surface area (Å²) in [5.74, 6) is 0.189. The summed E-state index contributed by atoms with van der Waals surface area (Å²) in [7, 11) is 0. The molecule has 0 aromatic heterocycles. The monoisotopic (exact) mass is 210 g/mol. The van der Waals surface area contributed by atoms with Crippen LogP contribution in [0.3, 0.4) is 0 Å². The van der Waals surface area contributed by atoms with Gasteiger partial charge in [0.05, 0.1) is 6.04 Å². The number of rotatable bonds is 4. The summed E-state index contributed by atoms with van der Waals surface area (Å²) in [4.78, 5) is 11.8. The molecule has 0 radical (unpaired) electrons. The summed E-state index contributed by atoms with van der Waals surface area (Å²) in [5.41, 5.74) is 0. The molecule has 3 heteroatoms. The largest absolute Gasteiger partial charge is 0.352 e. The molecule has 0 bridgehead atoms. The highest BCUT2D eigenvalue weighted by Gasteiger charge is 2.26. The van der Waals surface area contributed by atoms with Crippen LogP contribution in [0.4, 0.5) is 0 Å². The van der Waals surface area contributed by atoms with Crippen LogP contribution in [0.1, 0.15) is 51.9 Å². The van der Waals surface area contributed by atoms with Crippen molar-refractivity contribution in [1.82, 2.24) is 10.6 Å². The van der Waals surface area contributed by atoms with Gasteiger partial charge in [-0.2, -0.15) is 0 Å². The number of carbonyl (C=O) groups excluding carboxylic acids is 1. The van der Waals surface area contributed by atoms with Crippen LogP contribution in [0.15, 0.2) is 0 Å². The van der Waals surface area contributed by atoms with Crippen LogP contribution in [-0.4, -0.2) is 24.0 Å². The van der Waals surface area contributed by atoms with E-state index in [9.17, 15) is 4.79 Å². The highest BCUT2D eigenvalue weighted by atomic mass is 16.2. The van der Waals surface area contributed by atoms with Gasteiger partial charge in [-0.3, -0.25) is 4.79 Å². The van der Waals surface area contributed by atoms with Gasteiger partial charge in [0.2, 0.25) is 5.91 Å². The number of hydrogen-bond donors (Lipinski definition) is 2. The summed E-state index contributed by atoms with van der Waals surface area (Å²) in [6.07, 6.45) is 8.69. The normalized spacial score (nSPS) is 24.9. The van der Waals surface area contributed by atoms with E-state index in [1.807, 2.05) is 6.92 Å². The first-order valence-electron chi connectivity index (χ1n) is 6.32. The summed E-state index contributed by atoms with van der Waals surface area (Å²) >= 11 is 0. The van der Waals surface area contributed by atoms with E-state index >= 15 is 0 Å². The second kappa shape index (κ2) is 4.97. The van der Waals surface area contributed by atoms with E-state index < -0.39 is 0 Å². The number of amides is 1. The van der Waals surface area contributed by atoms with Crippen molar-refractivity contribution in [3.05, 3.63) is 0 Å². The van der Waals surface area contributed by atoms with Crippen LogP contribution in [0, 0.1) is 0 Å². The SMILES string of the molecule is CC(NC1CC1)C(=O)NC1CCCCC1. The van der Waals surface area contributed by atoms with Crippen LogP contribution in [0.25, 0.3) is 0 Å². The Morgan fingerprint density at radius 1 is 1.07 bits per heavy atom. The summed E-state index contributed by atoms with van der Waals surface area (Å²) in [5, 5.41) is 6.48. The molecule has 0 spiro atoms. The zero-order valence-corrected chi connectivity index (χ0v) is 9.59. The zero-order chi connectivity index (χ0) is 10.7. The summed E-state index contributed by atoms with van der Waals surface area (Å²) in [6.45, 7) is 1.97. The standard InChI is InChI=1S/C12H22N2O/c1-9(13-11-7-8-11)12(15)14-10-5-3-2-4-6-10/h9-11,13H,2-8H2,1H3,(H,14,15). The molecule has 0 aromatic rings. The van der Waals surface area contributed by atoms with Gasteiger partial charge in [-0.1, -0.05) is 19.3 Å². The predicted octanol–water partition coefficient (Wildman–Crippen LogP) is 1.58. The molecule has 1 unspecified atom stereocenters. The Hall–Kier alpha value is -0.570. The quantitative estimate of drug-likeness (QED) is 0.739. The van der Waals surface area contributed by atoms with E-state index in [1.54, 1.807) is 0 Å². The molecule has 0 aromatic carbocycles. The van der Waals surface area contributed by atoms with E-state index in [0.29, 0.717) is 12.1 Å². The average Bonchev–Trinajstić information content (AvgIpc) is 3.03. The second-order valence-electron chi connectivity index (χ2n) is 5.01. The van der Waals surface area contributed by atoms with Gasteiger partial charge in [0.25, 0.3) is 0 Å². The Bertz CT molecular complexity index is 220. The topological polar surface area (TPSA) is 41.1 Å². The maximum absolute atomic E-state index is 11.8. The van der Waals surface area contributed by atoms with Crippen LogP contribution >= 0.6 is 0 Å². The molecule has 2 N–H and O–H groups in total. The van der Waals surface area contributed by atoms with Crippen molar-refractivity contribution in [2.45, 2.75) is 70.0 Å². The molecule has 0 heterocycles. The highest BCUT2D eigenvalue weighted by Crippen LogP contribution is 2.20. The lowest BCUT2D eigenvalue weighted by Crippen LogP contribution is -2.47. The predicted molar refractivity (Wildman–Crippen MR) is 60.6 cm³/mol. The first-order chi connectivity index (χ1) is 7.25. The average molecular weight is 210 g/mol. The lowest BCUT2D eigenvalue weighted by Gasteiger charge is -2.24. The first-order valence-corrected chi connectivity index (χ1v) is 6.32. The molecule has 86 valence electrons. The fourth-order valence-electron chi connectivity index (χ4n) is 2.25. The smallest absolute Gasteiger partial charge is 0.237 e. The Balaban J connectivity index is 1.69. The van der Waals surface area contributed by atoms with Crippen LogP contribution in [-0.2, 0) is 4.79 Å². The number of carbonyl (C=O) groups is 1. The molecule has 2 fully saturated rings. The lowest BCUT2D eigenvalue weighted by atomic mass is 9.95. The van der Waals surface area contributed by atoms with Crippen molar-refractivity contribution in [1.29, 1.82) is 0 Å². The van der Waals surface area contributed by atoms with Gasteiger partial charge in [0, 0.05) is 12.1 Å². The number of hydrogen-bond acceptors (Lipinski definition) is 2. The van der Waals surface area contributed by atoms with Crippen molar-refractivity contribution < 1.29 is 4.79 Å². The molecule has 3 nitrogen and oxygen atoms in total. The Kier molecular flexibility index (Phi) is 3.62. The molecule has 1 atom stereocenters. The molecule has 2 aliphatic carbocycles. The number of nitrogens with one attached hydrogen (secondary N) is 2. The van der Waals surface area contributed by atoms with Crippen molar-refractivity contribution in [2.24, 2.45) is 0 Å². The minimum absolute atomic E-state index is 0.0144. The molecule has 15 heavy (non-hydrogen) atoms. The Morgan fingerprint density at radius 2 is 1.73 bits per heavy atom. The van der Waals surface area contributed by atoms with Gasteiger partial charge in [0.15, 0.2) is 0 Å². The van der Waals surface area contributed by atoms with Crippen LogP contribution < -0.4 is 10.6 Å². The van der Waals surface area contributed by atoms with E-state index in [1.165, 1.54) is 44.9 Å². The first kappa shape index (κ1) is 10.9. The molecular weight excluding hydrogens is 188 g/mol. The third-order valence-electron chi connectivity index (χ3n) is 3.41. The third kappa shape index (κ3) is 3.49. The summed E-state index contributed by atoms with van der Waals surface area (Å²) in [6, 6.07) is 1.03. The van der Waals surface area contributed by atoms with Gasteiger partial charge in [-0.05, 0) is 32.6 Å². The maximum Gasteiger partial charge on any atom is 0.237 e. The third-order valence-corrected chi connectivity index (χ3v) is 3.41. The Labute approximate surface area is 92.0 Å². The van der Waals surface area contributed by atoms with E-state index in [4.69, 9.17) is 0 Å². The lowest BCUT2D eigenvalue weighted by molar-refractivity contribution is -0.123. The Morgan fingerprint density at radius 3 is 2.33 bits per heavy atom. The zero-order valence-electron chi connectivity index (χ0n) is 9.59. The van der Waals surface area contributed by atoms with Crippen molar-refractivity contribution in [3.63, 3.8) is 0 Å². The van der Waals surface area contributed by atoms with Gasteiger partial charge in [-0.25, -0.2) is 0 Å². The van der Waals surface area contributed by atoms with Gasteiger partial charge < -0.3 is 10.6 Å². The van der Waals surface area contributed by atoms with Crippen molar-refractivity contribution in [3.8, 4) is 0 Å². The minimum atomic E-state index is -0.0144. The molecule has 2 aliphatic rings. The molecule has 2 saturated carbocycles. The van der Waals surface area contributed by atoms with Gasteiger partial charge in [0.1, 0.15) is 0 Å². The van der Waals surface area contributed by atoms with Crippen LogP contribution in [0.5, 0.6) is 0 Å². The van der Waals surface area contributed by atoms with E-state index in [0.717, 1.165) is 0 Å². The molecule has 2 rings (SSSR count). The van der Waals surface area contributed by atoms with Crippen molar-refractivity contribution in [2.75, 3.05) is 0 Å². The molecule has 0 aliphatic heterocycles. The van der Waals surface area contributed by atoms with Gasteiger partial charge >= 0.3 is 0 Å². The van der Waals surface area contributed by atoms with E-state index in [-0.39, 0.29) is 11.9 Å². The molecule has 0 saturated heterocycles. The second-order valence-corrected chi connectivity index (χ2v) is 5.01. The van der Waals surface area contributed by atoms with Crippen LogP contribution in [0.2, 0.25) is 0 Å². The highest BCUT2D eigenvalue weighted by molar-refractivity contribution is 5.81. The fourth-order valence-corrected chi connectivity index (χ4v) is 2.25. The maximum atomic E-state index is 11.8.